The number of aliphatic hydroxyl groups excluding tert-OH is 1. The lowest BCUT2D eigenvalue weighted by molar-refractivity contribution is 0.288. The van der Waals surface area contributed by atoms with Gasteiger partial charge in [0.1, 0.15) is 0 Å². The van der Waals surface area contributed by atoms with Gasteiger partial charge in [0, 0.05) is 19.9 Å². The highest BCUT2D eigenvalue weighted by Crippen LogP contribution is 2.22. The van der Waals surface area contributed by atoms with Crippen LogP contribution in [0.25, 0.3) is 0 Å². The molecule has 0 aromatic carbocycles. The second kappa shape index (κ2) is 6.29. The van der Waals surface area contributed by atoms with Crippen molar-refractivity contribution in [1.82, 2.24) is 24.8 Å². The van der Waals surface area contributed by atoms with Crippen LogP contribution < -0.4 is 0 Å². The largest absolute Gasteiger partial charge is 0.396 e. The van der Waals surface area contributed by atoms with Crippen LogP contribution in [-0.2, 0) is 26.4 Å². The maximum absolute atomic E-state index is 8.80. The number of aryl methyl sites for hydroxylation is 3. The first-order chi connectivity index (χ1) is 9.15. The molecule has 0 radical (unpaired) electrons. The van der Waals surface area contributed by atoms with Gasteiger partial charge < -0.3 is 5.11 Å². The number of nitrogens with zero attached hydrogens (tertiary/aromatic N) is 5. The zero-order valence-corrected chi connectivity index (χ0v) is 12.8. The Kier molecular flexibility index (Phi) is 4.71. The quantitative estimate of drug-likeness (QED) is 0.868. The van der Waals surface area contributed by atoms with Gasteiger partial charge in [0.2, 0.25) is 0 Å². The van der Waals surface area contributed by atoms with E-state index in [1.807, 2.05) is 17.9 Å². The third kappa shape index (κ3) is 3.22. The molecule has 0 bridgehead atoms. The van der Waals surface area contributed by atoms with E-state index in [0.29, 0.717) is 13.0 Å². The van der Waals surface area contributed by atoms with Crippen LogP contribution in [0.1, 0.15) is 30.4 Å². The van der Waals surface area contributed by atoms with E-state index in [2.05, 4.69) is 38.3 Å². The Balaban J connectivity index is 2.12. The lowest BCUT2D eigenvalue weighted by atomic mass is 10.2. The first-order valence-electron chi connectivity index (χ1n) is 6.35. The summed E-state index contributed by atoms with van der Waals surface area (Å²) in [4.78, 5) is 0. The lowest BCUT2D eigenvalue weighted by Gasteiger charge is -2.02. The molecule has 2 rings (SSSR count). The normalized spacial score (nSPS) is 11.2. The fourth-order valence-electron chi connectivity index (χ4n) is 1.94. The topological polar surface area (TPSA) is 68.8 Å². The van der Waals surface area contributed by atoms with Gasteiger partial charge in [0.25, 0.3) is 0 Å². The van der Waals surface area contributed by atoms with Crippen molar-refractivity contribution in [3.63, 3.8) is 0 Å². The molecule has 19 heavy (non-hydrogen) atoms. The van der Waals surface area contributed by atoms with Crippen LogP contribution in [0.4, 0.5) is 0 Å². The molecule has 1 N–H and O–H groups in total. The third-order valence-electron chi connectivity index (χ3n) is 2.99. The third-order valence-corrected chi connectivity index (χ3v) is 3.91. The van der Waals surface area contributed by atoms with Gasteiger partial charge in [-0.15, -0.1) is 5.10 Å². The van der Waals surface area contributed by atoms with Crippen molar-refractivity contribution < 1.29 is 5.11 Å². The molecule has 0 aliphatic carbocycles. The van der Waals surface area contributed by atoms with Crippen molar-refractivity contribution in [3.05, 3.63) is 27.8 Å². The maximum Gasteiger partial charge on any atom is 0.0857 e. The Hall–Kier alpha value is -1.21. The van der Waals surface area contributed by atoms with E-state index in [1.54, 1.807) is 4.68 Å². The average molecular weight is 328 g/mol. The van der Waals surface area contributed by atoms with Gasteiger partial charge in [-0.3, -0.25) is 4.68 Å². The molecule has 0 saturated heterocycles. The Labute approximate surface area is 120 Å². The summed E-state index contributed by atoms with van der Waals surface area (Å²) in [5, 5.41) is 21.5. The summed E-state index contributed by atoms with van der Waals surface area (Å²) in [7, 11) is 1.93. The summed E-state index contributed by atoms with van der Waals surface area (Å²) in [6, 6.07) is 0. The SMILES string of the molecule is CCc1nn(C)c(Cn2cc(CCCO)nn2)c1Br. The van der Waals surface area contributed by atoms with Crippen molar-refractivity contribution in [3.8, 4) is 0 Å². The predicted octanol–water partition coefficient (Wildman–Crippen LogP) is 1.31. The van der Waals surface area contributed by atoms with Gasteiger partial charge in [-0.05, 0) is 35.2 Å². The maximum atomic E-state index is 8.80. The van der Waals surface area contributed by atoms with Crippen molar-refractivity contribution in [2.24, 2.45) is 7.05 Å². The van der Waals surface area contributed by atoms with E-state index in [0.717, 1.165) is 34.4 Å². The van der Waals surface area contributed by atoms with Crippen molar-refractivity contribution in [2.75, 3.05) is 6.61 Å². The summed E-state index contributed by atoms with van der Waals surface area (Å²) in [6.45, 7) is 2.90. The molecule has 2 aromatic rings. The summed E-state index contributed by atoms with van der Waals surface area (Å²) in [6.07, 6.45) is 4.28. The second-order valence-corrected chi connectivity index (χ2v) is 5.21. The van der Waals surface area contributed by atoms with Crippen molar-refractivity contribution in [2.45, 2.75) is 32.7 Å². The van der Waals surface area contributed by atoms with Gasteiger partial charge in [-0.1, -0.05) is 12.1 Å². The minimum absolute atomic E-state index is 0.181. The Morgan fingerprint density at radius 1 is 1.42 bits per heavy atom. The van der Waals surface area contributed by atoms with E-state index in [9.17, 15) is 0 Å². The zero-order chi connectivity index (χ0) is 13.8. The van der Waals surface area contributed by atoms with E-state index in [-0.39, 0.29) is 6.61 Å². The zero-order valence-electron chi connectivity index (χ0n) is 11.2. The second-order valence-electron chi connectivity index (χ2n) is 4.42. The summed E-state index contributed by atoms with van der Waals surface area (Å²) in [5.41, 5.74) is 3.04. The molecule has 0 unspecified atom stereocenters. The first-order valence-corrected chi connectivity index (χ1v) is 7.15. The molecule has 0 aliphatic rings. The van der Waals surface area contributed by atoms with E-state index in [4.69, 9.17) is 5.11 Å². The van der Waals surface area contributed by atoms with Crippen LogP contribution >= 0.6 is 15.9 Å². The number of rotatable bonds is 6. The van der Waals surface area contributed by atoms with Gasteiger partial charge in [0.05, 0.1) is 28.1 Å². The number of hydrogen-bond acceptors (Lipinski definition) is 4. The first kappa shape index (κ1) is 14.2. The number of aromatic nitrogens is 5. The molecule has 0 spiro atoms. The molecule has 104 valence electrons. The van der Waals surface area contributed by atoms with Crippen LogP contribution in [0, 0.1) is 0 Å². The fourth-order valence-corrected chi connectivity index (χ4v) is 2.68. The summed E-state index contributed by atoms with van der Waals surface area (Å²) < 4.78 is 4.72. The molecule has 2 aromatic heterocycles. The summed E-state index contributed by atoms with van der Waals surface area (Å²) >= 11 is 3.59. The molecule has 2 heterocycles. The number of aliphatic hydroxyl groups is 1. The molecule has 0 saturated carbocycles. The molecule has 0 fully saturated rings. The number of halogens is 1. The molecule has 0 atom stereocenters. The highest BCUT2D eigenvalue weighted by molar-refractivity contribution is 9.10. The van der Waals surface area contributed by atoms with Crippen LogP contribution in [0.2, 0.25) is 0 Å². The van der Waals surface area contributed by atoms with Gasteiger partial charge in [0.15, 0.2) is 0 Å². The molecule has 6 nitrogen and oxygen atoms in total. The van der Waals surface area contributed by atoms with Gasteiger partial charge in [-0.25, -0.2) is 4.68 Å². The van der Waals surface area contributed by atoms with Gasteiger partial charge >= 0.3 is 0 Å². The fraction of sp³-hybridized carbons (Fsp3) is 0.583. The van der Waals surface area contributed by atoms with Crippen LogP contribution in [-0.4, -0.2) is 36.5 Å². The summed E-state index contributed by atoms with van der Waals surface area (Å²) in [5.74, 6) is 0. The average Bonchev–Trinajstić information content (AvgIpc) is 2.96. The minimum atomic E-state index is 0.181. The van der Waals surface area contributed by atoms with Crippen LogP contribution in [0.15, 0.2) is 10.7 Å². The van der Waals surface area contributed by atoms with E-state index >= 15 is 0 Å². The van der Waals surface area contributed by atoms with Gasteiger partial charge in [-0.2, -0.15) is 5.10 Å². The monoisotopic (exact) mass is 327 g/mol. The van der Waals surface area contributed by atoms with Crippen molar-refractivity contribution >= 4 is 15.9 Å². The Bertz CT molecular complexity index is 548. The van der Waals surface area contributed by atoms with E-state index in [1.165, 1.54) is 0 Å². The predicted molar refractivity (Wildman–Crippen MR) is 74.8 cm³/mol. The molecular formula is C12H18BrN5O. The minimum Gasteiger partial charge on any atom is -0.396 e. The van der Waals surface area contributed by atoms with Crippen LogP contribution in [0.5, 0.6) is 0 Å². The standard InChI is InChI=1S/C12H18BrN5O/c1-3-10-12(13)11(17(2)15-10)8-18-7-9(14-16-18)5-4-6-19/h7,19H,3-6,8H2,1-2H3. The van der Waals surface area contributed by atoms with E-state index < -0.39 is 0 Å². The van der Waals surface area contributed by atoms with Crippen LogP contribution in [0.3, 0.4) is 0 Å². The Morgan fingerprint density at radius 3 is 2.84 bits per heavy atom. The lowest BCUT2D eigenvalue weighted by Crippen LogP contribution is -2.06. The molecule has 0 aliphatic heterocycles. The Morgan fingerprint density at radius 2 is 2.21 bits per heavy atom. The highest BCUT2D eigenvalue weighted by Gasteiger charge is 2.13. The molecule has 0 amide bonds. The smallest absolute Gasteiger partial charge is 0.0857 e. The van der Waals surface area contributed by atoms with Crippen molar-refractivity contribution in [1.29, 1.82) is 0 Å². The number of hydrogen-bond donors (Lipinski definition) is 1. The molecule has 7 heteroatoms. The molecular weight excluding hydrogens is 310 g/mol. The highest BCUT2D eigenvalue weighted by atomic mass is 79.9.